The highest BCUT2D eigenvalue weighted by Crippen LogP contribution is 2.37. The number of para-hydroxylation sites is 2. The standard InChI is InChI=1S/C23H14N2S/c1-3-7-20-16(5-1)17-6-2-4-8-21(17)25(20)15-9-10-22-19(13-15)18-11-12-24-14-23(18)26-22/h1-14H. The third-order valence-electron chi connectivity index (χ3n) is 5.10. The molecule has 0 aliphatic rings. The van der Waals surface area contributed by atoms with Crippen molar-refractivity contribution in [1.29, 1.82) is 0 Å². The van der Waals surface area contributed by atoms with Crippen molar-refractivity contribution in [2.45, 2.75) is 0 Å². The minimum absolute atomic E-state index is 1.20. The Morgan fingerprint density at radius 2 is 1.38 bits per heavy atom. The Bertz CT molecular complexity index is 1390. The van der Waals surface area contributed by atoms with E-state index < -0.39 is 0 Å². The summed E-state index contributed by atoms with van der Waals surface area (Å²) in [4.78, 5) is 4.27. The zero-order valence-electron chi connectivity index (χ0n) is 13.9. The van der Waals surface area contributed by atoms with Crippen LogP contribution in [-0.2, 0) is 0 Å². The maximum Gasteiger partial charge on any atom is 0.0541 e. The molecular formula is C23H14N2S. The Hall–Kier alpha value is -3.17. The van der Waals surface area contributed by atoms with E-state index in [-0.39, 0.29) is 0 Å². The van der Waals surface area contributed by atoms with Crippen molar-refractivity contribution < 1.29 is 0 Å². The molecule has 0 fully saturated rings. The summed E-state index contributed by atoms with van der Waals surface area (Å²) in [5, 5.41) is 5.17. The minimum atomic E-state index is 1.20. The van der Waals surface area contributed by atoms with E-state index in [0.29, 0.717) is 0 Å². The topological polar surface area (TPSA) is 17.8 Å². The van der Waals surface area contributed by atoms with Crippen LogP contribution in [0.2, 0.25) is 0 Å². The van der Waals surface area contributed by atoms with E-state index in [0.717, 1.165) is 0 Å². The van der Waals surface area contributed by atoms with Gasteiger partial charge in [0.15, 0.2) is 0 Å². The van der Waals surface area contributed by atoms with E-state index in [1.54, 1.807) is 11.3 Å². The SMILES string of the molecule is c1ccc2c(c1)c1ccccc1n2-c1ccc2sc3cnccc3c2c1. The summed E-state index contributed by atoms with van der Waals surface area (Å²) in [5.41, 5.74) is 3.69. The number of pyridine rings is 1. The summed E-state index contributed by atoms with van der Waals surface area (Å²) in [5.74, 6) is 0. The van der Waals surface area contributed by atoms with Gasteiger partial charge in [0, 0.05) is 44.3 Å². The van der Waals surface area contributed by atoms with Crippen LogP contribution in [-0.4, -0.2) is 9.55 Å². The average molecular weight is 350 g/mol. The Morgan fingerprint density at radius 3 is 2.15 bits per heavy atom. The first-order chi connectivity index (χ1) is 12.9. The van der Waals surface area contributed by atoms with Crippen LogP contribution >= 0.6 is 11.3 Å². The van der Waals surface area contributed by atoms with Gasteiger partial charge < -0.3 is 4.57 Å². The number of nitrogens with zero attached hydrogens (tertiary/aromatic N) is 2. The number of hydrogen-bond donors (Lipinski definition) is 0. The van der Waals surface area contributed by atoms with Crippen LogP contribution in [0.4, 0.5) is 0 Å². The van der Waals surface area contributed by atoms with Crippen molar-refractivity contribution in [1.82, 2.24) is 9.55 Å². The molecule has 0 aliphatic heterocycles. The molecule has 0 radical (unpaired) electrons. The van der Waals surface area contributed by atoms with Crippen LogP contribution in [0.3, 0.4) is 0 Å². The maximum absolute atomic E-state index is 4.27. The lowest BCUT2D eigenvalue weighted by Gasteiger charge is -2.08. The molecule has 0 amide bonds. The molecule has 0 saturated carbocycles. The molecule has 0 aliphatic carbocycles. The zero-order chi connectivity index (χ0) is 17.1. The monoisotopic (exact) mass is 350 g/mol. The van der Waals surface area contributed by atoms with E-state index >= 15 is 0 Å². The van der Waals surface area contributed by atoms with Crippen molar-refractivity contribution in [2.75, 3.05) is 0 Å². The molecule has 3 aromatic carbocycles. The number of hydrogen-bond acceptors (Lipinski definition) is 2. The molecule has 122 valence electrons. The van der Waals surface area contributed by atoms with Crippen molar-refractivity contribution in [3.8, 4) is 5.69 Å². The van der Waals surface area contributed by atoms with E-state index in [9.17, 15) is 0 Å². The van der Waals surface area contributed by atoms with Crippen molar-refractivity contribution in [2.24, 2.45) is 0 Å². The normalized spacial score (nSPS) is 11.8. The number of aromatic nitrogens is 2. The molecule has 3 heterocycles. The van der Waals surface area contributed by atoms with Gasteiger partial charge in [-0.3, -0.25) is 4.98 Å². The first-order valence-corrected chi connectivity index (χ1v) is 9.47. The summed E-state index contributed by atoms with van der Waals surface area (Å²) in [6.45, 7) is 0. The molecule has 0 N–H and O–H groups in total. The lowest BCUT2D eigenvalue weighted by molar-refractivity contribution is 1.19. The Balaban J connectivity index is 1.76. The second-order valence-electron chi connectivity index (χ2n) is 6.52. The van der Waals surface area contributed by atoms with Crippen molar-refractivity contribution in [3.05, 3.63) is 85.2 Å². The first-order valence-electron chi connectivity index (χ1n) is 8.65. The summed E-state index contributed by atoms with van der Waals surface area (Å²) >= 11 is 1.80. The van der Waals surface area contributed by atoms with Crippen LogP contribution < -0.4 is 0 Å². The van der Waals surface area contributed by atoms with Crippen LogP contribution in [0.15, 0.2) is 85.2 Å². The Labute approximate surface area is 153 Å². The van der Waals surface area contributed by atoms with Gasteiger partial charge in [0.05, 0.1) is 15.7 Å². The van der Waals surface area contributed by atoms with Gasteiger partial charge in [-0.15, -0.1) is 11.3 Å². The molecule has 0 unspecified atom stereocenters. The van der Waals surface area contributed by atoms with Crippen LogP contribution in [0.1, 0.15) is 0 Å². The predicted octanol–water partition coefficient (Wildman–Crippen LogP) is 6.55. The smallest absolute Gasteiger partial charge is 0.0541 e. The number of benzene rings is 3. The van der Waals surface area contributed by atoms with Crippen LogP contribution in [0, 0.1) is 0 Å². The number of thiophene rings is 1. The molecule has 3 aromatic heterocycles. The van der Waals surface area contributed by atoms with Crippen molar-refractivity contribution >= 4 is 53.3 Å². The highest BCUT2D eigenvalue weighted by molar-refractivity contribution is 7.25. The summed E-state index contributed by atoms with van der Waals surface area (Å²) in [6.07, 6.45) is 3.84. The van der Waals surface area contributed by atoms with Gasteiger partial charge in [0.1, 0.15) is 0 Å². The van der Waals surface area contributed by atoms with Gasteiger partial charge in [-0.1, -0.05) is 36.4 Å². The molecule has 0 spiro atoms. The van der Waals surface area contributed by atoms with E-state index in [1.165, 1.54) is 47.7 Å². The van der Waals surface area contributed by atoms with Crippen LogP contribution in [0.5, 0.6) is 0 Å². The highest BCUT2D eigenvalue weighted by atomic mass is 32.1. The second kappa shape index (κ2) is 5.16. The van der Waals surface area contributed by atoms with Gasteiger partial charge in [-0.25, -0.2) is 0 Å². The lowest BCUT2D eigenvalue weighted by Crippen LogP contribution is -1.93. The third kappa shape index (κ3) is 1.83. The average Bonchev–Trinajstić information content (AvgIpc) is 3.23. The van der Waals surface area contributed by atoms with Gasteiger partial charge in [-0.05, 0) is 36.4 Å². The number of fused-ring (bicyclic) bond motifs is 6. The van der Waals surface area contributed by atoms with E-state index in [2.05, 4.69) is 82.3 Å². The van der Waals surface area contributed by atoms with Gasteiger partial charge in [0.25, 0.3) is 0 Å². The fraction of sp³-hybridized carbons (Fsp3) is 0. The number of rotatable bonds is 1. The van der Waals surface area contributed by atoms with Crippen molar-refractivity contribution in [3.63, 3.8) is 0 Å². The highest BCUT2D eigenvalue weighted by Gasteiger charge is 2.13. The predicted molar refractivity (Wildman–Crippen MR) is 111 cm³/mol. The molecule has 26 heavy (non-hydrogen) atoms. The summed E-state index contributed by atoms with van der Waals surface area (Å²) < 4.78 is 4.91. The second-order valence-corrected chi connectivity index (χ2v) is 7.61. The fourth-order valence-corrected chi connectivity index (χ4v) is 5.01. The van der Waals surface area contributed by atoms with Crippen LogP contribution in [0.25, 0.3) is 47.7 Å². The molecule has 6 rings (SSSR count). The first kappa shape index (κ1) is 14.0. The molecule has 0 saturated heterocycles. The molecule has 0 bridgehead atoms. The molecule has 6 aromatic rings. The maximum atomic E-state index is 4.27. The zero-order valence-corrected chi connectivity index (χ0v) is 14.7. The molecule has 3 heteroatoms. The van der Waals surface area contributed by atoms with E-state index in [1.807, 2.05) is 12.4 Å². The van der Waals surface area contributed by atoms with E-state index in [4.69, 9.17) is 0 Å². The van der Waals surface area contributed by atoms with Gasteiger partial charge in [-0.2, -0.15) is 0 Å². The molecule has 0 atom stereocenters. The van der Waals surface area contributed by atoms with Gasteiger partial charge >= 0.3 is 0 Å². The Kier molecular flexibility index (Phi) is 2.79. The Morgan fingerprint density at radius 1 is 0.654 bits per heavy atom. The molecule has 2 nitrogen and oxygen atoms in total. The molecular weight excluding hydrogens is 336 g/mol. The fourth-order valence-electron chi connectivity index (χ4n) is 3.96. The minimum Gasteiger partial charge on any atom is -0.309 e. The van der Waals surface area contributed by atoms with Gasteiger partial charge in [0.2, 0.25) is 0 Å². The summed E-state index contributed by atoms with van der Waals surface area (Å²) in [6, 6.07) is 26.2. The lowest BCUT2D eigenvalue weighted by atomic mass is 10.1. The third-order valence-corrected chi connectivity index (χ3v) is 6.22. The largest absolute Gasteiger partial charge is 0.309 e. The summed E-state index contributed by atoms with van der Waals surface area (Å²) in [7, 11) is 0. The quantitative estimate of drug-likeness (QED) is 0.329.